The Balaban J connectivity index is 2.75. The molecule has 1 aliphatic rings. The molecule has 3 N–H and O–H groups in total. The number of nitrogens with two attached hydrogens (primary N) is 1. The largest absolute Gasteiger partial charge is 0.444 e. The molecule has 8 nitrogen and oxygen atoms in total. The van der Waals surface area contributed by atoms with Crippen molar-refractivity contribution in [2.24, 2.45) is 5.73 Å². The maximum absolute atomic E-state index is 12.0. The molecule has 0 aromatic rings. The third kappa shape index (κ3) is 4.30. The van der Waals surface area contributed by atoms with Crippen molar-refractivity contribution in [1.82, 2.24) is 13.9 Å². The molecule has 1 atom stereocenters. The molecule has 20 heavy (non-hydrogen) atoms. The van der Waals surface area contributed by atoms with E-state index in [1.165, 1.54) is 16.3 Å². The van der Waals surface area contributed by atoms with Crippen molar-refractivity contribution in [3.8, 4) is 0 Å². The summed E-state index contributed by atoms with van der Waals surface area (Å²) in [6.07, 6.45) is -0.447. The third-order valence-corrected chi connectivity index (χ3v) is 4.53. The number of hydrogen-bond acceptors (Lipinski definition) is 5. The van der Waals surface area contributed by atoms with Gasteiger partial charge in [0.05, 0.1) is 6.04 Å². The average molecular weight is 308 g/mol. The zero-order valence-corrected chi connectivity index (χ0v) is 13.2. The van der Waals surface area contributed by atoms with Gasteiger partial charge >= 0.3 is 6.09 Å². The summed E-state index contributed by atoms with van der Waals surface area (Å²) >= 11 is 0. The maximum atomic E-state index is 12.0. The van der Waals surface area contributed by atoms with Crippen LogP contribution >= 0.6 is 0 Å². The molecule has 1 saturated heterocycles. The van der Waals surface area contributed by atoms with Crippen LogP contribution in [-0.4, -0.2) is 68.6 Å². The molecule has 1 fully saturated rings. The van der Waals surface area contributed by atoms with Crippen LogP contribution in [0.15, 0.2) is 0 Å². The van der Waals surface area contributed by atoms with Crippen molar-refractivity contribution in [3.05, 3.63) is 0 Å². The summed E-state index contributed by atoms with van der Waals surface area (Å²) < 4.78 is 32.5. The highest BCUT2D eigenvalue weighted by Crippen LogP contribution is 2.16. The van der Waals surface area contributed by atoms with Gasteiger partial charge in [0.1, 0.15) is 5.60 Å². The molecule has 1 amide bonds. The summed E-state index contributed by atoms with van der Waals surface area (Å²) in [5.74, 6) is 0. The van der Waals surface area contributed by atoms with Gasteiger partial charge in [-0.15, -0.1) is 0 Å². The normalized spacial score (nSPS) is 21.9. The summed E-state index contributed by atoms with van der Waals surface area (Å²) in [4.78, 5) is 13.5. The van der Waals surface area contributed by atoms with E-state index in [0.29, 0.717) is 0 Å². The van der Waals surface area contributed by atoms with Gasteiger partial charge in [0.25, 0.3) is 10.2 Å². The lowest BCUT2D eigenvalue weighted by atomic mass is 10.2. The van der Waals surface area contributed by atoms with Crippen LogP contribution in [0.4, 0.5) is 4.79 Å². The van der Waals surface area contributed by atoms with Crippen molar-refractivity contribution in [2.45, 2.75) is 32.4 Å². The zero-order valence-electron chi connectivity index (χ0n) is 12.4. The van der Waals surface area contributed by atoms with Crippen molar-refractivity contribution in [2.75, 3.05) is 33.2 Å². The van der Waals surface area contributed by atoms with Gasteiger partial charge in [0, 0.05) is 33.2 Å². The molecule has 0 aromatic carbocycles. The third-order valence-electron chi connectivity index (χ3n) is 2.92. The summed E-state index contributed by atoms with van der Waals surface area (Å²) in [5.41, 5.74) is 5.04. The van der Waals surface area contributed by atoms with Gasteiger partial charge in [-0.3, -0.25) is 0 Å². The molecule has 1 heterocycles. The summed E-state index contributed by atoms with van der Waals surface area (Å²) in [6.45, 7) is 6.20. The Bertz CT molecular complexity index is 446. The quantitative estimate of drug-likeness (QED) is 0.719. The Morgan fingerprint density at radius 3 is 2.45 bits per heavy atom. The summed E-state index contributed by atoms with van der Waals surface area (Å²) in [5, 5.41) is 0. The smallest absolute Gasteiger partial charge is 0.410 e. The lowest BCUT2D eigenvalue weighted by molar-refractivity contribution is 0.0137. The number of piperazine rings is 1. The van der Waals surface area contributed by atoms with Crippen molar-refractivity contribution < 1.29 is 17.9 Å². The van der Waals surface area contributed by atoms with Gasteiger partial charge < -0.3 is 15.4 Å². The molecule has 1 aliphatic heterocycles. The number of nitrogens with one attached hydrogen (secondary N) is 1. The van der Waals surface area contributed by atoms with Crippen LogP contribution < -0.4 is 10.5 Å². The van der Waals surface area contributed by atoms with E-state index < -0.39 is 27.9 Å². The van der Waals surface area contributed by atoms with Gasteiger partial charge in [-0.25, -0.2) is 9.52 Å². The second-order valence-electron chi connectivity index (χ2n) is 5.64. The van der Waals surface area contributed by atoms with E-state index in [1.807, 2.05) is 0 Å². The van der Waals surface area contributed by atoms with Gasteiger partial charge in [0.2, 0.25) is 0 Å². The van der Waals surface area contributed by atoms with E-state index in [1.54, 1.807) is 20.8 Å². The molecule has 0 saturated carbocycles. The van der Waals surface area contributed by atoms with E-state index in [4.69, 9.17) is 10.5 Å². The maximum Gasteiger partial charge on any atom is 0.410 e. The zero-order chi connectivity index (χ0) is 15.6. The van der Waals surface area contributed by atoms with Crippen LogP contribution in [0.3, 0.4) is 0 Å². The van der Waals surface area contributed by atoms with Crippen molar-refractivity contribution in [1.29, 1.82) is 0 Å². The van der Waals surface area contributed by atoms with Gasteiger partial charge in [-0.2, -0.15) is 12.7 Å². The van der Waals surface area contributed by atoms with Crippen LogP contribution in [0.25, 0.3) is 0 Å². The Labute approximate surface area is 120 Å². The molecule has 0 radical (unpaired) electrons. The minimum absolute atomic E-state index is 0.139. The van der Waals surface area contributed by atoms with E-state index >= 15 is 0 Å². The first-order valence-corrected chi connectivity index (χ1v) is 7.93. The first-order valence-electron chi connectivity index (χ1n) is 6.49. The Morgan fingerprint density at radius 1 is 1.40 bits per heavy atom. The lowest BCUT2D eigenvalue weighted by Crippen LogP contribution is -2.60. The van der Waals surface area contributed by atoms with E-state index in [2.05, 4.69) is 4.72 Å². The number of hydrogen-bond donors (Lipinski definition) is 2. The minimum atomic E-state index is -3.54. The lowest BCUT2D eigenvalue weighted by Gasteiger charge is -2.39. The van der Waals surface area contributed by atoms with Crippen molar-refractivity contribution in [3.63, 3.8) is 0 Å². The Kier molecular flexibility index (Phi) is 5.36. The van der Waals surface area contributed by atoms with Gasteiger partial charge in [-0.05, 0) is 20.8 Å². The first kappa shape index (κ1) is 17.2. The molecular formula is C11H24N4O4S. The summed E-state index contributed by atoms with van der Waals surface area (Å²) in [7, 11) is -2.19. The van der Waals surface area contributed by atoms with Crippen LogP contribution in [-0.2, 0) is 14.9 Å². The molecule has 0 aromatic heterocycles. The molecule has 0 bridgehead atoms. The fourth-order valence-corrected chi connectivity index (χ4v) is 3.06. The SMILES string of the molecule is CNS(=O)(=O)N1CCN(C(=O)OC(C)(C)C)CC1CN. The minimum Gasteiger partial charge on any atom is -0.444 e. The number of carbonyl (C=O) groups excluding carboxylic acids is 1. The number of nitrogens with zero attached hydrogens (tertiary/aromatic N) is 2. The van der Waals surface area contributed by atoms with Gasteiger partial charge in [0.15, 0.2) is 0 Å². The highest BCUT2D eigenvalue weighted by atomic mass is 32.2. The monoisotopic (exact) mass is 308 g/mol. The fourth-order valence-electron chi connectivity index (χ4n) is 1.96. The topological polar surface area (TPSA) is 105 Å². The molecule has 0 aliphatic carbocycles. The van der Waals surface area contributed by atoms with E-state index in [9.17, 15) is 13.2 Å². The Morgan fingerprint density at radius 2 is 2.00 bits per heavy atom. The molecular weight excluding hydrogens is 284 g/mol. The molecule has 0 spiro atoms. The highest BCUT2D eigenvalue weighted by Gasteiger charge is 2.36. The molecule has 1 unspecified atom stereocenters. The summed E-state index contributed by atoms with van der Waals surface area (Å²) in [6, 6.07) is -0.450. The predicted molar refractivity (Wildman–Crippen MR) is 75.3 cm³/mol. The molecule has 1 rings (SSSR count). The average Bonchev–Trinajstić information content (AvgIpc) is 2.35. The standard InChI is InChI=1S/C11H24N4O4S/c1-11(2,3)19-10(16)14-5-6-15(9(7-12)8-14)20(17,18)13-4/h9,13H,5-8,12H2,1-4H3. The van der Waals surface area contributed by atoms with E-state index in [0.717, 1.165) is 0 Å². The number of rotatable bonds is 3. The Hall–Kier alpha value is -0.900. The predicted octanol–water partition coefficient (Wildman–Crippen LogP) is -0.669. The van der Waals surface area contributed by atoms with Crippen LogP contribution in [0.1, 0.15) is 20.8 Å². The number of ether oxygens (including phenoxy) is 1. The van der Waals surface area contributed by atoms with Crippen molar-refractivity contribution >= 4 is 16.3 Å². The number of carbonyl (C=O) groups is 1. The fraction of sp³-hybridized carbons (Fsp3) is 0.909. The molecule has 118 valence electrons. The van der Waals surface area contributed by atoms with E-state index in [-0.39, 0.29) is 26.2 Å². The van der Waals surface area contributed by atoms with Crippen LogP contribution in [0.5, 0.6) is 0 Å². The second-order valence-corrected chi connectivity index (χ2v) is 7.46. The number of amides is 1. The van der Waals surface area contributed by atoms with Gasteiger partial charge in [-0.1, -0.05) is 0 Å². The highest BCUT2D eigenvalue weighted by molar-refractivity contribution is 7.87. The molecule has 9 heteroatoms. The second kappa shape index (κ2) is 6.25. The first-order chi connectivity index (χ1) is 9.10. The van der Waals surface area contributed by atoms with Crippen LogP contribution in [0, 0.1) is 0 Å². The van der Waals surface area contributed by atoms with Crippen LogP contribution in [0.2, 0.25) is 0 Å².